The Morgan fingerprint density at radius 1 is 1.36 bits per heavy atom. The second-order valence-corrected chi connectivity index (χ2v) is 7.05. The molecule has 1 aromatic carbocycles. The summed E-state index contributed by atoms with van der Waals surface area (Å²) < 4.78 is 5.19. The van der Waals surface area contributed by atoms with Gasteiger partial charge in [0.15, 0.2) is 0 Å². The van der Waals surface area contributed by atoms with Crippen LogP contribution in [0.3, 0.4) is 0 Å². The molecule has 1 saturated carbocycles. The van der Waals surface area contributed by atoms with Gasteiger partial charge in [0.25, 0.3) is 0 Å². The number of carbonyl (C=O) groups excluding carboxylic acids is 1. The monoisotopic (exact) mass is 325 g/mol. The highest BCUT2D eigenvalue weighted by atomic mass is 35.5. The Bertz CT molecular complexity index is 579. The molecule has 1 aromatic rings. The first-order valence-corrected chi connectivity index (χ1v) is 7.47. The number of aliphatic carboxylic acids is 1. The van der Waals surface area contributed by atoms with Crippen LogP contribution in [0.2, 0.25) is 5.02 Å². The average molecular weight is 326 g/mol. The number of alkyl carbamates (subject to hydrolysis) is 1. The van der Waals surface area contributed by atoms with E-state index < -0.39 is 29.0 Å². The van der Waals surface area contributed by atoms with E-state index in [0.29, 0.717) is 11.4 Å². The highest BCUT2D eigenvalue weighted by Crippen LogP contribution is 2.54. The molecule has 2 N–H and O–H groups in total. The van der Waals surface area contributed by atoms with Gasteiger partial charge in [0.1, 0.15) is 5.60 Å². The fraction of sp³-hybridized carbons (Fsp3) is 0.500. The summed E-state index contributed by atoms with van der Waals surface area (Å²) in [6.45, 7) is 5.55. The lowest BCUT2D eigenvalue weighted by molar-refractivity contribution is -0.139. The predicted octanol–water partition coefficient (Wildman–Crippen LogP) is 3.21. The molecule has 1 aliphatic carbocycles. The molecule has 6 heteroatoms. The maximum Gasteiger partial charge on any atom is 0.407 e. The molecule has 0 aromatic heterocycles. The van der Waals surface area contributed by atoms with Crippen molar-refractivity contribution in [3.8, 4) is 0 Å². The van der Waals surface area contributed by atoms with Crippen LogP contribution in [0.15, 0.2) is 24.3 Å². The summed E-state index contributed by atoms with van der Waals surface area (Å²) in [5.41, 5.74) is -0.319. The van der Waals surface area contributed by atoms with Crippen molar-refractivity contribution in [3.05, 3.63) is 34.9 Å². The van der Waals surface area contributed by atoms with Crippen LogP contribution in [0.5, 0.6) is 0 Å². The molecule has 0 heterocycles. The summed E-state index contributed by atoms with van der Waals surface area (Å²) in [7, 11) is 0. The number of hydrogen-bond donors (Lipinski definition) is 2. The van der Waals surface area contributed by atoms with Crippen molar-refractivity contribution in [2.45, 2.75) is 38.2 Å². The van der Waals surface area contributed by atoms with Crippen LogP contribution in [0, 0.1) is 5.92 Å². The number of carboxylic acid groups (broad SMARTS) is 1. The normalized spacial score (nSPS) is 23.7. The van der Waals surface area contributed by atoms with Gasteiger partial charge < -0.3 is 15.2 Å². The smallest absolute Gasteiger partial charge is 0.407 e. The molecule has 0 bridgehead atoms. The maximum absolute atomic E-state index is 11.8. The zero-order valence-corrected chi connectivity index (χ0v) is 13.6. The van der Waals surface area contributed by atoms with Gasteiger partial charge in [-0.1, -0.05) is 23.7 Å². The third kappa shape index (κ3) is 3.71. The molecule has 0 aliphatic heterocycles. The Balaban J connectivity index is 2.10. The van der Waals surface area contributed by atoms with E-state index in [1.165, 1.54) is 0 Å². The Labute approximate surface area is 134 Å². The number of halogens is 1. The minimum Gasteiger partial charge on any atom is -0.481 e. The molecule has 22 heavy (non-hydrogen) atoms. The summed E-state index contributed by atoms with van der Waals surface area (Å²) in [5.74, 6) is -1.37. The number of amides is 1. The highest BCUT2D eigenvalue weighted by molar-refractivity contribution is 6.30. The van der Waals surface area contributed by atoms with Crippen LogP contribution in [-0.2, 0) is 14.9 Å². The molecule has 0 saturated heterocycles. The molecular weight excluding hydrogens is 306 g/mol. The van der Waals surface area contributed by atoms with Gasteiger partial charge in [-0.2, -0.15) is 0 Å². The standard InChI is InChI=1S/C16H20ClNO4/c1-15(2,3)22-14(21)18-9-16(8-12(16)13(19)20)10-4-6-11(17)7-5-10/h4-7,12H,8-9H2,1-3H3,(H,18,21)(H,19,20)/t12-,16-/m1/s1. The second kappa shape index (κ2) is 5.80. The van der Waals surface area contributed by atoms with Gasteiger partial charge in [-0.05, 0) is 44.9 Å². The minimum absolute atomic E-state index is 0.223. The summed E-state index contributed by atoms with van der Waals surface area (Å²) >= 11 is 5.88. The Morgan fingerprint density at radius 3 is 2.41 bits per heavy atom. The predicted molar refractivity (Wildman–Crippen MR) is 83.1 cm³/mol. The quantitative estimate of drug-likeness (QED) is 0.891. The van der Waals surface area contributed by atoms with Crippen LogP contribution in [0.1, 0.15) is 32.8 Å². The lowest BCUT2D eigenvalue weighted by atomic mass is 9.93. The van der Waals surface area contributed by atoms with Crippen molar-refractivity contribution in [1.82, 2.24) is 5.32 Å². The van der Waals surface area contributed by atoms with Crippen LogP contribution < -0.4 is 5.32 Å². The van der Waals surface area contributed by atoms with E-state index in [-0.39, 0.29) is 6.54 Å². The summed E-state index contributed by atoms with van der Waals surface area (Å²) in [6, 6.07) is 7.07. The minimum atomic E-state index is -0.860. The number of benzene rings is 1. The highest BCUT2D eigenvalue weighted by Gasteiger charge is 2.59. The Kier molecular flexibility index (Phi) is 4.38. The molecule has 2 rings (SSSR count). The zero-order valence-electron chi connectivity index (χ0n) is 12.9. The Morgan fingerprint density at radius 2 is 1.95 bits per heavy atom. The lowest BCUT2D eigenvalue weighted by Crippen LogP contribution is -2.38. The number of hydrogen-bond acceptors (Lipinski definition) is 3. The molecule has 0 unspecified atom stereocenters. The van der Waals surface area contributed by atoms with E-state index in [0.717, 1.165) is 5.56 Å². The largest absolute Gasteiger partial charge is 0.481 e. The molecule has 120 valence electrons. The summed E-state index contributed by atoms with van der Waals surface area (Å²) in [6.07, 6.45) is -0.0587. The number of carboxylic acids is 1. The van der Waals surface area contributed by atoms with Gasteiger partial charge in [-0.25, -0.2) is 4.79 Å². The van der Waals surface area contributed by atoms with Crippen molar-refractivity contribution in [3.63, 3.8) is 0 Å². The molecule has 2 atom stereocenters. The maximum atomic E-state index is 11.8. The van der Waals surface area contributed by atoms with Crippen LogP contribution >= 0.6 is 11.6 Å². The van der Waals surface area contributed by atoms with E-state index in [2.05, 4.69) is 5.32 Å². The number of nitrogens with one attached hydrogen (secondary N) is 1. The van der Waals surface area contributed by atoms with E-state index >= 15 is 0 Å². The van der Waals surface area contributed by atoms with Gasteiger partial charge in [0.05, 0.1) is 5.92 Å². The van der Waals surface area contributed by atoms with E-state index in [1.54, 1.807) is 32.9 Å². The second-order valence-electron chi connectivity index (χ2n) is 6.61. The Hall–Kier alpha value is -1.75. The van der Waals surface area contributed by atoms with Crippen LogP contribution in [0.25, 0.3) is 0 Å². The molecule has 5 nitrogen and oxygen atoms in total. The summed E-state index contributed by atoms with van der Waals surface area (Å²) in [5, 5.41) is 12.6. The first kappa shape index (κ1) is 16.6. The third-order valence-electron chi connectivity index (χ3n) is 3.74. The number of ether oxygens (including phenoxy) is 1. The fourth-order valence-electron chi connectivity index (χ4n) is 2.57. The van der Waals surface area contributed by atoms with Crippen molar-refractivity contribution < 1.29 is 19.4 Å². The van der Waals surface area contributed by atoms with Crippen LogP contribution in [-0.4, -0.2) is 29.3 Å². The molecular formula is C16H20ClNO4. The molecule has 1 amide bonds. The van der Waals surface area contributed by atoms with E-state index in [4.69, 9.17) is 16.3 Å². The molecule has 0 radical (unpaired) electrons. The zero-order chi connectivity index (χ0) is 16.5. The van der Waals surface area contributed by atoms with Crippen molar-refractivity contribution >= 4 is 23.7 Å². The first-order valence-electron chi connectivity index (χ1n) is 7.10. The van der Waals surface area contributed by atoms with Crippen molar-refractivity contribution in [2.24, 2.45) is 5.92 Å². The first-order chi connectivity index (χ1) is 10.1. The van der Waals surface area contributed by atoms with Gasteiger partial charge in [0, 0.05) is 17.0 Å². The number of carbonyl (C=O) groups is 2. The third-order valence-corrected chi connectivity index (χ3v) is 3.99. The van der Waals surface area contributed by atoms with Crippen molar-refractivity contribution in [1.29, 1.82) is 0 Å². The van der Waals surface area contributed by atoms with E-state index in [1.807, 2.05) is 12.1 Å². The van der Waals surface area contributed by atoms with Gasteiger partial charge in [0.2, 0.25) is 0 Å². The number of rotatable bonds is 4. The molecule has 0 spiro atoms. The SMILES string of the molecule is CC(C)(C)OC(=O)NC[C@@]1(c2ccc(Cl)cc2)C[C@@H]1C(=O)O. The van der Waals surface area contributed by atoms with E-state index in [9.17, 15) is 14.7 Å². The molecule has 1 fully saturated rings. The lowest BCUT2D eigenvalue weighted by Gasteiger charge is -2.22. The fourth-order valence-corrected chi connectivity index (χ4v) is 2.70. The van der Waals surface area contributed by atoms with Gasteiger partial charge in [-0.3, -0.25) is 4.79 Å². The topological polar surface area (TPSA) is 75.6 Å². The average Bonchev–Trinajstić information content (AvgIpc) is 3.11. The van der Waals surface area contributed by atoms with Gasteiger partial charge >= 0.3 is 12.1 Å². The molecule has 1 aliphatic rings. The summed E-state index contributed by atoms with van der Waals surface area (Å²) in [4.78, 5) is 23.1. The van der Waals surface area contributed by atoms with Gasteiger partial charge in [-0.15, -0.1) is 0 Å². The van der Waals surface area contributed by atoms with Crippen LogP contribution in [0.4, 0.5) is 4.79 Å². The van der Waals surface area contributed by atoms with Crippen molar-refractivity contribution in [2.75, 3.05) is 6.54 Å².